The highest BCUT2D eigenvalue weighted by molar-refractivity contribution is 5.75. The second-order valence-electron chi connectivity index (χ2n) is 5.63. The lowest BCUT2D eigenvalue weighted by molar-refractivity contribution is 0.190. The number of nitrogens with two attached hydrogens (primary N) is 1. The molecule has 2 heterocycles. The monoisotopic (exact) mass is 279 g/mol. The predicted octanol–water partition coefficient (Wildman–Crippen LogP) is 1.74. The number of ether oxygens (including phenoxy) is 1. The number of aromatic nitrogens is 2. The first-order valence-electron chi connectivity index (χ1n) is 7.22. The summed E-state index contributed by atoms with van der Waals surface area (Å²) in [5, 5.41) is 3.27. The van der Waals surface area contributed by atoms with Crippen LogP contribution in [0.25, 0.3) is 0 Å². The van der Waals surface area contributed by atoms with E-state index in [2.05, 4.69) is 27.1 Å². The lowest BCUT2D eigenvalue weighted by Crippen LogP contribution is -2.34. The van der Waals surface area contributed by atoms with Gasteiger partial charge in [-0.3, -0.25) is 0 Å². The van der Waals surface area contributed by atoms with Gasteiger partial charge >= 0.3 is 0 Å². The smallest absolute Gasteiger partial charge is 0.157 e. The maximum Gasteiger partial charge on any atom is 0.157 e. The third-order valence-electron chi connectivity index (χ3n) is 3.75. The van der Waals surface area contributed by atoms with E-state index >= 15 is 0 Å². The number of nitrogens with one attached hydrogen (secondary N) is 1. The van der Waals surface area contributed by atoms with Gasteiger partial charge in [-0.25, -0.2) is 9.97 Å². The van der Waals surface area contributed by atoms with Crippen molar-refractivity contribution in [1.29, 1.82) is 0 Å². The zero-order chi connectivity index (χ0) is 14.5. The summed E-state index contributed by atoms with van der Waals surface area (Å²) in [4.78, 5) is 10.9. The van der Waals surface area contributed by atoms with Gasteiger partial charge in [0.05, 0.1) is 6.61 Å². The summed E-state index contributed by atoms with van der Waals surface area (Å²) in [6.07, 6.45) is 3.95. The van der Waals surface area contributed by atoms with Crippen LogP contribution in [0.15, 0.2) is 6.33 Å². The first kappa shape index (κ1) is 14.8. The summed E-state index contributed by atoms with van der Waals surface area (Å²) in [7, 11) is 1.68. The Bertz CT molecular complexity index is 432. The molecule has 2 rings (SSSR count). The third kappa shape index (κ3) is 3.50. The van der Waals surface area contributed by atoms with Crippen LogP contribution in [0.5, 0.6) is 0 Å². The van der Waals surface area contributed by atoms with Crippen molar-refractivity contribution in [1.82, 2.24) is 9.97 Å². The molecule has 1 aromatic rings. The Balaban J connectivity index is 2.10. The third-order valence-corrected chi connectivity index (χ3v) is 3.75. The SMILES string of the molecule is COCC(C)Nc1ncnc(N2CCC(C)CC2)c1N. The number of rotatable bonds is 5. The highest BCUT2D eigenvalue weighted by atomic mass is 16.5. The first-order valence-corrected chi connectivity index (χ1v) is 7.22. The molecule has 112 valence electrons. The molecular formula is C14H25N5O. The van der Waals surface area contributed by atoms with Gasteiger partial charge in [-0.1, -0.05) is 6.92 Å². The summed E-state index contributed by atoms with van der Waals surface area (Å²) in [6.45, 7) is 6.96. The Morgan fingerprint density at radius 3 is 2.80 bits per heavy atom. The first-order chi connectivity index (χ1) is 9.61. The average Bonchev–Trinajstić information content (AvgIpc) is 2.43. The van der Waals surface area contributed by atoms with E-state index in [0.29, 0.717) is 18.1 Å². The average molecular weight is 279 g/mol. The summed E-state index contributed by atoms with van der Waals surface area (Å²) in [6, 6.07) is 0.159. The summed E-state index contributed by atoms with van der Waals surface area (Å²) < 4.78 is 5.12. The van der Waals surface area contributed by atoms with Crippen molar-refractivity contribution in [2.45, 2.75) is 32.7 Å². The zero-order valence-corrected chi connectivity index (χ0v) is 12.6. The molecule has 20 heavy (non-hydrogen) atoms. The summed E-state index contributed by atoms with van der Waals surface area (Å²) in [5.74, 6) is 2.32. The topological polar surface area (TPSA) is 76.3 Å². The molecule has 3 N–H and O–H groups in total. The van der Waals surface area contributed by atoms with E-state index in [0.717, 1.165) is 24.8 Å². The molecule has 0 bridgehead atoms. The second-order valence-corrected chi connectivity index (χ2v) is 5.63. The molecule has 1 saturated heterocycles. The van der Waals surface area contributed by atoms with Crippen molar-refractivity contribution in [2.75, 3.05) is 42.8 Å². The van der Waals surface area contributed by atoms with Gasteiger partial charge in [-0.15, -0.1) is 0 Å². The number of hydrogen-bond donors (Lipinski definition) is 2. The molecule has 1 aliphatic heterocycles. The van der Waals surface area contributed by atoms with E-state index in [1.54, 1.807) is 13.4 Å². The van der Waals surface area contributed by atoms with Crippen molar-refractivity contribution in [3.63, 3.8) is 0 Å². The largest absolute Gasteiger partial charge is 0.393 e. The molecule has 0 amide bonds. The van der Waals surface area contributed by atoms with Crippen LogP contribution >= 0.6 is 0 Å². The van der Waals surface area contributed by atoms with E-state index in [4.69, 9.17) is 10.5 Å². The van der Waals surface area contributed by atoms with E-state index in [1.165, 1.54) is 12.8 Å². The second kappa shape index (κ2) is 6.74. The number of nitrogen functional groups attached to an aromatic ring is 1. The quantitative estimate of drug-likeness (QED) is 0.855. The van der Waals surface area contributed by atoms with Gasteiger partial charge in [-0.05, 0) is 25.7 Å². The van der Waals surface area contributed by atoms with Crippen LogP contribution in [0.4, 0.5) is 17.3 Å². The summed E-state index contributed by atoms with van der Waals surface area (Å²) >= 11 is 0. The lowest BCUT2D eigenvalue weighted by atomic mass is 9.99. The minimum Gasteiger partial charge on any atom is -0.393 e. The van der Waals surface area contributed by atoms with Crippen LogP contribution in [0, 0.1) is 5.92 Å². The molecular weight excluding hydrogens is 254 g/mol. The van der Waals surface area contributed by atoms with Gasteiger partial charge in [0.1, 0.15) is 12.0 Å². The normalized spacial score (nSPS) is 18.1. The number of nitrogens with zero attached hydrogens (tertiary/aromatic N) is 3. The fourth-order valence-corrected chi connectivity index (χ4v) is 2.50. The Hall–Kier alpha value is -1.56. The highest BCUT2D eigenvalue weighted by Gasteiger charge is 2.20. The lowest BCUT2D eigenvalue weighted by Gasteiger charge is -2.32. The number of anilines is 3. The Kier molecular flexibility index (Phi) is 5.00. The molecule has 0 saturated carbocycles. The fourth-order valence-electron chi connectivity index (χ4n) is 2.50. The van der Waals surface area contributed by atoms with Crippen molar-refractivity contribution < 1.29 is 4.74 Å². The van der Waals surface area contributed by atoms with E-state index in [-0.39, 0.29) is 6.04 Å². The molecule has 1 fully saturated rings. The molecule has 0 aromatic carbocycles. The van der Waals surface area contributed by atoms with Crippen LogP contribution in [0.2, 0.25) is 0 Å². The Morgan fingerprint density at radius 1 is 1.45 bits per heavy atom. The molecule has 0 spiro atoms. The van der Waals surface area contributed by atoms with Gasteiger partial charge in [0.2, 0.25) is 0 Å². The minimum absolute atomic E-state index is 0.159. The van der Waals surface area contributed by atoms with Gasteiger partial charge in [0.25, 0.3) is 0 Å². The molecule has 1 unspecified atom stereocenters. The van der Waals surface area contributed by atoms with Crippen LogP contribution in [0.3, 0.4) is 0 Å². The molecule has 0 aliphatic carbocycles. The number of hydrogen-bond acceptors (Lipinski definition) is 6. The Morgan fingerprint density at radius 2 is 2.15 bits per heavy atom. The minimum atomic E-state index is 0.159. The maximum absolute atomic E-state index is 6.22. The maximum atomic E-state index is 6.22. The van der Waals surface area contributed by atoms with E-state index < -0.39 is 0 Å². The van der Waals surface area contributed by atoms with Crippen LogP contribution in [-0.4, -0.2) is 42.8 Å². The van der Waals surface area contributed by atoms with Crippen molar-refractivity contribution in [2.24, 2.45) is 5.92 Å². The Labute approximate surface area is 120 Å². The van der Waals surface area contributed by atoms with Gasteiger partial charge < -0.3 is 20.7 Å². The van der Waals surface area contributed by atoms with Crippen LogP contribution < -0.4 is 16.0 Å². The van der Waals surface area contributed by atoms with Crippen molar-refractivity contribution in [3.05, 3.63) is 6.33 Å². The van der Waals surface area contributed by atoms with Gasteiger partial charge in [-0.2, -0.15) is 0 Å². The van der Waals surface area contributed by atoms with Crippen LogP contribution in [-0.2, 0) is 4.74 Å². The molecule has 6 nitrogen and oxygen atoms in total. The highest BCUT2D eigenvalue weighted by Crippen LogP contribution is 2.29. The van der Waals surface area contributed by atoms with Gasteiger partial charge in [0, 0.05) is 26.2 Å². The standard InChI is InChI=1S/C14H25N5O/c1-10-4-6-19(7-5-10)14-12(15)13(16-9-17-14)18-11(2)8-20-3/h9-11H,4-8,15H2,1-3H3,(H,16,17,18). The molecule has 0 radical (unpaired) electrons. The van der Waals surface area contributed by atoms with Crippen molar-refractivity contribution in [3.8, 4) is 0 Å². The predicted molar refractivity (Wildman–Crippen MR) is 82.0 cm³/mol. The molecule has 6 heteroatoms. The fraction of sp³-hybridized carbons (Fsp3) is 0.714. The van der Waals surface area contributed by atoms with E-state index in [1.807, 2.05) is 6.92 Å². The number of methoxy groups -OCH3 is 1. The zero-order valence-electron chi connectivity index (χ0n) is 12.6. The molecule has 1 aromatic heterocycles. The van der Waals surface area contributed by atoms with Crippen LogP contribution in [0.1, 0.15) is 26.7 Å². The summed E-state index contributed by atoms with van der Waals surface area (Å²) in [5.41, 5.74) is 6.85. The van der Waals surface area contributed by atoms with Crippen molar-refractivity contribution >= 4 is 17.3 Å². The molecule has 1 aliphatic rings. The van der Waals surface area contributed by atoms with Gasteiger partial charge in [0.15, 0.2) is 11.6 Å². The molecule has 1 atom stereocenters. The number of piperidine rings is 1. The van der Waals surface area contributed by atoms with E-state index in [9.17, 15) is 0 Å².